The molecule has 0 aliphatic rings. The summed E-state index contributed by atoms with van der Waals surface area (Å²) in [6.45, 7) is 2.42. The van der Waals surface area contributed by atoms with Crippen molar-refractivity contribution in [1.82, 2.24) is 0 Å². The van der Waals surface area contributed by atoms with Crippen LogP contribution in [0.4, 0.5) is 0 Å². The molecule has 3 aromatic carbocycles. The summed E-state index contributed by atoms with van der Waals surface area (Å²) in [5.41, 5.74) is 1.86. The zero-order valence-corrected chi connectivity index (χ0v) is 15.1. The highest BCUT2D eigenvalue weighted by atomic mass is 31.1. The highest BCUT2D eigenvalue weighted by Gasteiger charge is 2.09. The van der Waals surface area contributed by atoms with Gasteiger partial charge in [-0.05, 0) is 46.5 Å². The molecule has 1 atom stereocenters. The molecule has 3 rings (SSSR count). The standard InChI is InChI=1S/C20H21O4P/c1-2-3-12-23-25(22)24-20-11-10-18(14-19(20)21)17-9-8-15-6-4-5-7-16(15)13-17/h4-11,13-14,21,25H,2-3,12H2,1H3. The second-order valence-corrected chi connectivity index (χ2v) is 6.79. The van der Waals surface area contributed by atoms with Crippen molar-refractivity contribution in [3.63, 3.8) is 0 Å². The molecule has 5 heteroatoms. The van der Waals surface area contributed by atoms with E-state index >= 15 is 0 Å². The summed E-state index contributed by atoms with van der Waals surface area (Å²) in [6.07, 6.45) is 1.79. The highest BCUT2D eigenvalue weighted by molar-refractivity contribution is 7.33. The van der Waals surface area contributed by atoms with Crippen LogP contribution in [-0.2, 0) is 9.09 Å². The number of unbranched alkanes of at least 4 members (excludes halogenated alkanes) is 1. The molecule has 0 radical (unpaired) electrons. The molecule has 0 aliphatic carbocycles. The van der Waals surface area contributed by atoms with Crippen LogP contribution in [0.3, 0.4) is 0 Å². The van der Waals surface area contributed by atoms with E-state index in [2.05, 4.69) is 18.2 Å². The first-order valence-electron chi connectivity index (χ1n) is 8.34. The van der Waals surface area contributed by atoms with Crippen LogP contribution in [0.2, 0.25) is 0 Å². The van der Waals surface area contributed by atoms with Crippen LogP contribution in [0, 0.1) is 0 Å². The largest absolute Gasteiger partial charge is 0.504 e. The molecule has 25 heavy (non-hydrogen) atoms. The Balaban J connectivity index is 1.77. The molecular weight excluding hydrogens is 335 g/mol. The lowest BCUT2D eigenvalue weighted by Crippen LogP contribution is -1.90. The van der Waals surface area contributed by atoms with Gasteiger partial charge in [0.05, 0.1) is 6.61 Å². The number of phenols is 1. The van der Waals surface area contributed by atoms with Gasteiger partial charge in [-0.25, -0.2) is 4.57 Å². The van der Waals surface area contributed by atoms with Gasteiger partial charge in [-0.1, -0.05) is 55.8 Å². The minimum absolute atomic E-state index is 0.0527. The third-order valence-electron chi connectivity index (χ3n) is 3.95. The Hall–Kier alpha value is -2.29. The monoisotopic (exact) mass is 356 g/mol. The van der Waals surface area contributed by atoms with Crippen molar-refractivity contribution < 1.29 is 18.7 Å². The second-order valence-electron chi connectivity index (χ2n) is 5.80. The van der Waals surface area contributed by atoms with Gasteiger partial charge in [0.2, 0.25) is 0 Å². The SMILES string of the molecule is CCCCO[PH](=O)Oc1ccc(-c2ccc3ccccc3c2)cc1O. The molecule has 0 amide bonds. The maximum absolute atomic E-state index is 11.8. The first kappa shape index (κ1) is 17.5. The molecular formula is C20H21O4P. The summed E-state index contributed by atoms with van der Waals surface area (Å²) < 4.78 is 22.1. The topological polar surface area (TPSA) is 55.8 Å². The maximum atomic E-state index is 11.8. The van der Waals surface area contributed by atoms with Crippen molar-refractivity contribution in [2.75, 3.05) is 6.61 Å². The zero-order valence-electron chi connectivity index (χ0n) is 14.1. The Labute approximate surface area is 148 Å². The van der Waals surface area contributed by atoms with Gasteiger partial charge in [-0.2, -0.15) is 0 Å². The molecule has 0 saturated carbocycles. The summed E-state index contributed by atoms with van der Waals surface area (Å²) in [7, 11) is -2.65. The van der Waals surface area contributed by atoms with Gasteiger partial charge in [-0.3, -0.25) is 0 Å². The molecule has 0 aliphatic heterocycles. The molecule has 0 heterocycles. The molecule has 0 saturated heterocycles. The summed E-state index contributed by atoms with van der Waals surface area (Å²) >= 11 is 0. The lowest BCUT2D eigenvalue weighted by atomic mass is 10.0. The van der Waals surface area contributed by atoms with Gasteiger partial charge in [0.25, 0.3) is 0 Å². The second kappa shape index (κ2) is 8.19. The van der Waals surface area contributed by atoms with Crippen LogP contribution in [0.25, 0.3) is 21.9 Å². The van der Waals surface area contributed by atoms with Gasteiger partial charge in [-0.15, -0.1) is 0 Å². The van der Waals surface area contributed by atoms with Crippen molar-refractivity contribution in [2.24, 2.45) is 0 Å². The summed E-state index contributed by atoms with van der Waals surface area (Å²) in [4.78, 5) is 0. The molecule has 4 nitrogen and oxygen atoms in total. The van der Waals surface area contributed by atoms with Crippen LogP contribution in [0.5, 0.6) is 11.5 Å². The first-order valence-corrected chi connectivity index (χ1v) is 9.56. The van der Waals surface area contributed by atoms with Gasteiger partial charge in [0, 0.05) is 0 Å². The number of fused-ring (bicyclic) bond motifs is 1. The Kier molecular flexibility index (Phi) is 5.75. The van der Waals surface area contributed by atoms with Crippen molar-refractivity contribution in [3.8, 4) is 22.6 Å². The Morgan fingerprint density at radius 2 is 1.68 bits per heavy atom. The minimum atomic E-state index is -2.65. The van der Waals surface area contributed by atoms with E-state index in [0.717, 1.165) is 29.4 Å². The molecule has 0 fully saturated rings. The van der Waals surface area contributed by atoms with Crippen molar-refractivity contribution in [1.29, 1.82) is 0 Å². The molecule has 1 unspecified atom stereocenters. The Bertz CT molecular complexity index is 892. The predicted octanol–water partition coefficient (Wildman–Crippen LogP) is 5.80. The first-order chi connectivity index (χ1) is 12.2. The number of hydrogen-bond acceptors (Lipinski definition) is 4. The average Bonchev–Trinajstić information content (AvgIpc) is 2.63. The van der Waals surface area contributed by atoms with Gasteiger partial charge in [0.1, 0.15) is 0 Å². The van der Waals surface area contributed by atoms with E-state index in [1.54, 1.807) is 12.1 Å². The summed E-state index contributed by atoms with van der Waals surface area (Å²) in [5.74, 6) is 0.119. The zero-order chi connectivity index (χ0) is 17.6. The summed E-state index contributed by atoms with van der Waals surface area (Å²) in [5, 5.41) is 12.5. The average molecular weight is 356 g/mol. The van der Waals surface area contributed by atoms with Gasteiger partial charge in [0.15, 0.2) is 11.5 Å². The van der Waals surface area contributed by atoms with Gasteiger partial charge >= 0.3 is 8.25 Å². The Morgan fingerprint density at radius 1 is 0.960 bits per heavy atom. The van der Waals surface area contributed by atoms with Crippen LogP contribution < -0.4 is 4.52 Å². The number of benzene rings is 3. The van der Waals surface area contributed by atoms with E-state index in [0.29, 0.717) is 6.61 Å². The molecule has 130 valence electrons. The predicted molar refractivity (Wildman–Crippen MR) is 102 cm³/mol. The third kappa shape index (κ3) is 4.41. The lowest BCUT2D eigenvalue weighted by molar-refractivity contribution is 0.278. The quantitative estimate of drug-likeness (QED) is 0.429. The number of hydrogen-bond donors (Lipinski definition) is 1. The van der Waals surface area contributed by atoms with E-state index in [4.69, 9.17) is 9.05 Å². The van der Waals surface area contributed by atoms with Crippen molar-refractivity contribution in [2.45, 2.75) is 19.8 Å². The van der Waals surface area contributed by atoms with Crippen LogP contribution in [0.15, 0.2) is 60.7 Å². The van der Waals surface area contributed by atoms with E-state index in [9.17, 15) is 9.67 Å². The third-order valence-corrected chi connectivity index (χ3v) is 4.78. The lowest BCUT2D eigenvalue weighted by Gasteiger charge is -2.10. The fourth-order valence-corrected chi connectivity index (χ4v) is 3.29. The molecule has 3 aromatic rings. The maximum Gasteiger partial charge on any atom is 0.367 e. The van der Waals surface area contributed by atoms with Crippen LogP contribution in [-0.4, -0.2) is 11.7 Å². The van der Waals surface area contributed by atoms with Gasteiger partial charge < -0.3 is 14.2 Å². The fraction of sp³-hybridized carbons (Fsp3) is 0.200. The molecule has 0 bridgehead atoms. The van der Waals surface area contributed by atoms with E-state index in [1.807, 2.05) is 37.3 Å². The van der Waals surface area contributed by atoms with Crippen LogP contribution in [0.1, 0.15) is 19.8 Å². The molecule has 1 N–H and O–H groups in total. The number of aromatic hydroxyl groups is 1. The van der Waals surface area contributed by atoms with Crippen LogP contribution >= 0.6 is 8.25 Å². The highest BCUT2D eigenvalue weighted by Crippen LogP contribution is 2.37. The van der Waals surface area contributed by atoms with E-state index in [-0.39, 0.29) is 11.5 Å². The van der Waals surface area contributed by atoms with Crippen molar-refractivity contribution in [3.05, 3.63) is 60.7 Å². The number of phenolic OH excluding ortho intramolecular Hbond substituents is 1. The fourth-order valence-electron chi connectivity index (χ4n) is 2.57. The van der Waals surface area contributed by atoms with Crippen molar-refractivity contribution >= 4 is 19.0 Å². The molecule has 0 aromatic heterocycles. The normalized spacial score (nSPS) is 12.2. The van der Waals surface area contributed by atoms with E-state index < -0.39 is 8.25 Å². The molecule has 0 spiro atoms. The Morgan fingerprint density at radius 3 is 2.44 bits per heavy atom. The summed E-state index contributed by atoms with van der Waals surface area (Å²) in [6, 6.07) is 19.3. The van der Waals surface area contributed by atoms with E-state index in [1.165, 1.54) is 5.39 Å². The number of rotatable bonds is 7. The minimum Gasteiger partial charge on any atom is -0.504 e. The smallest absolute Gasteiger partial charge is 0.367 e.